The van der Waals surface area contributed by atoms with Gasteiger partial charge < -0.3 is 10.2 Å². The molecular formula is C14H22N2S. The fourth-order valence-electron chi connectivity index (χ4n) is 2.31. The molecule has 17 heavy (non-hydrogen) atoms. The monoisotopic (exact) mass is 250 g/mol. The summed E-state index contributed by atoms with van der Waals surface area (Å²) in [5.41, 5.74) is 2.69. The Balaban J connectivity index is 2.28. The van der Waals surface area contributed by atoms with Crippen LogP contribution >= 0.6 is 11.8 Å². The Morgan fingerprint density at radius 2 is 2.24 bits per heavy atom. The smallest absolute Gasteiger partial charge is 0.0373 e. The fourth-order valence-corrected chi connectivity index (χ4v) is 3.45. The van der Waals surface area contributed by atoms with Crippen molar-refractivity contribution < 1.29 is 0 Å². The van der Waals surface area contributed by atoms with E-state index in [-0.39, 0.29) is 0 Å². The molecule has 0 aromatic carbocycles. The van der Waals surface area contributed by atoms with Gasteiger partial charge in [-0.2, -0.15) is 0 Å². The van der Waals surface area contributed by atoms with Crippen molar-refractivity contribution in [3.8, 4) is 0 Å². The average molecular weight is 250 g/mol. The Morgan fingerprint density at radius 3 is 3.06 bits per heavy atom. The van der Waals surface area contributed by atoms with E-state index in [0.29, 0.717) is 0 Å². The quantitative estimate of drug-likeness (QED) is 0.770. The van der Waals surface area contributed by atoms with Crippen molar-refractivity contribution in [3.05, 3.63) is 35.0 Å². The Kier molecular flexibility index (Phi) is 4.75. The van der Waals surface area contributed by atoms with Crippen LogP contribution in [-0.4, -0.2) is 30.3 Å². The van der Waals surface area contributed by atoms with E-state index in [1.54, 1.807) is 4.91 Å². The lowest BCUT2D eigenvalue weighted by Gasteiger charge is -2.24. The molecule has 2 rings (SSSR count). The van der Waals surface area contributed by atoms with E-state index in [9.17, 15) is 0 Å². The van der Waals surface area contributed by atoms with Crippen molar-refractivity contribution >= 4 is 11.8 Å². The van der Waals surface area contributed by atoms with Crippen LogP contribution in [0.15, 0.2) is 35.0 Å². The molecule has 0 spiro atoms. The second kappa shape index (κ2) is 6.31. The molecule has 0 amide bonds. The first-order valence-electron chi connectivity index (χ1n) is 6.51. The zero-order valence-electron chi connectivity index (χ0n) is 10.7. The van der Waals surface area contributed by atoms with Crippen molar-refractivity contribution in [2.24, 2.45) is 0 Å². The molecule has 2 aliphatic rings. The number of hydrogen-bond acceptors (Lipinski definition) is 3. The lowest BCUT2D eigenvalue weighted by Crippen LogP contribution is -2.18. The van der Waals surface area contributed by atoms with E-state index in [2.05, 4.69) is 36.0 Å². The summed E-state index contributed by atoms with van der Waals surface area (Å²) in [5, 5.41) is 3.48. The summed E-state index contributed by atoms with van der Waals surface area (Å²) in [5.74, 6) is 1.19. The highest BCUT2D eigenvalue weighted by molar-refractivity contribution is 8.03. The number of hydrogen-bond donors (Lipinski definition) is 1. The molecule has 3 heteroatoms. The van der Waals surface area contributed by atoms with Crippen LogP contribution in [0.1, 0.15) is 26.2 Å². The zero-order chi connectivity index (χ0) is 12.1. The van der Waals surface area contributed by atoms with Crippen molar-refractivity contribution in [3.63, 3.8) is 0 Å². The summed E-state index contributed by atoms with van der Waals surface area (Å²) < 4.78 is 0. The molecule has 0 aliphatic carbocycles. The molecule has 1 N–H and O–H groups in total. The second-order valence-electron chi connectivity index (χ2n) is 4.41. The fraction of sp³-hybridized carbons (Fsp3) is 0.571. The first-order valence-corrected chi connectivity index (χ1v) is 7.49. The minimum absolute atomic E-state index is 1.00. The van der Waals surface area contributed by atoms with Gasteiger partial charge in [-0.25, -0.2) is 0 Å². The standard InChI is InChI=1S/C14H22N2S/c1-3-16-10-4-5-11-17-14-7-9-15-8-6-13(14)12(16)2/h4,10,15H,2-3,5-9,11H2,1H3. The van der Waals surface area contributed by atoms with E-state index in [4.69, 9.17) is 0 Å². The highest BCUT2D eigenvalue weighted by Crippen LogP contribution is 2.33. The first kappa shape index (κ1) is 12.8. The SMILES string of the molecule is C=C1C2=C(CCNCC2)SCCC=CN1CC. The maximum absolute atomic E-state index is 4.31. The van der Waals surface area contributed by atoms with Crippen molar-refractivity contribution in [2.75, 3.05) is 25.4 Å². The topological polar surface area (TPSA) is 15.3 Å². The van der Waals surface area contributed by atoms with Crippen LogP contribution in [0.5, 0.6) is 0 Å². The van der Waals surface area contributed by atoms with Gasteiger partial charge in [0.1, 0.15) is 0 Å². The number of rotatable bonds is 1. The highest BCUT2D eigenvalue weighted by Gasteiger charge is 2.17. The normalized spacial score (nSPS) is 22.6. The molecule has 0 aromatic heterocycles. The summed E-state index contributed by atoms with van der Waals surface area (Å²) >= 11 is 2.03. The largest absolute Gasteiger partial charge is 0.349 e. The molecule has 0 fully saturated rings. The minimum Gasteiger partial charge on any atom is -0.349 e. The molecule has 2 heterocycles. The molecule has 2 aliphatic heterocycles. The molecule has 0 aromatic rings. The molecule has 0 radical (unpaired) electrons. The number of allylic oxidation sites excluding steroid dienone is 2. The van der Waals surface area contributed by atoms with Crippen molar-refractivity contribution in [2.45, 2.75) is 26.2 Å². The predicted octanol–water partition coefficient (Wildman–Crippen LogP) is 3.11. The van der Waals surface area contributed by atoms with Crippen LogP contribution in [0, 0.1) is 0 Å². The average Bonchev–Trinajstić information content (AvgIpc) is 2.54. The van der Waals surface area contributed by atoms with Gasteiger partial charge in [0, 0.05) is 24.2 Å². The molecule has 0 atom stereocenters. The van der Waals surface area contributed by atoms with E-state index in [1.165, 1.54) is 17.0 Å². The summed E-state index contributed by atoms with van der Waals surface area (Å²) in [6, 6.07) is 0. The molecule has 2 nitrogen and oxygen atoms in total. The summed E-state index contributed by atoms with van der Waals surface area (Å²) in [4.78, 5) is 3.84. The molecule has 94 valence electrons. The Labute approximate surface area is 109 Å². The zero-order valence-corrected chi connectivity index (χ0v) is 11.5. The Morgan fingerprint density at radius 1 is 1.41 bits per heavy atom. The lowest BCUT2D eigenvalue weighted by atomic mass is 10.1. The predicted molar refractivity (Wildman–Crippen MR) is 76.9 cm³/mol. The van der Waals surface area contributed by atoms with Gasteiger partial charge in [-0.3, -0.25) is 0 Å². The lowest BCUT2D eigenvalue weighted by molar-refractivity contribution is 0.495. The Bertz CT molecular complexity index is 344. The van der Waals surface area contributed by atoms with Gasteiger partial charge >= 0.3 is 0 Å². The van der Waals surface area contributed by atoms with E-state index >= 15 is 0 Å². The van der Waals surface area contributed by atoms with Gasteiger partial charge in [-0.15, -0.1) is 11.8 Å². The third kappa shape index (κ3) is 3.17. The molecule has 0 unspecified atom stereocenters. The number of nitrogens with zero attached hydrogens (tertiary/aromatic N) is 1. The molecular weight excluding hydrogens is 228 g/mol. The molecule has 0 saturated heterocycles. The maximum atomic E-state index is 4.31. The third-order valence-corrected chi connectivity index (χ3v) is 4.54. The first-order chi connectivity index (χ1) is 8.33. The van der Waals surface area contributed by atoms with Gasteiger partial charge in [0.2, 0.25) is 0 Å². The third-order valence-electron chi connectivity index (χ3n) is 3.30. The van der Waals surface area contributed by atoms with Gasteiger partial charge in [0.05, 0.1) is 0 Å². The van der Waals surface area contributed by atoms with Crippen molar-refractivity contribution in [1.82, 2.24) is 10.2 Å². The number of nitrogens with one attached hydrogen (secondary N) is 1. The minimum atomic E-state index is 1.00. The van der Waals surface area contributed by atoms with Gasteiger partial charge in [0.25, 0.3) is 0 Å². The maximum Gasteiger partial charge on any atom is 0.0373 e. The van der Waals surface area contributed by atoms with E-state index in [1.807, 2.05) is 11.8 Å². The highest BCUT2D eigenvalue weighted by atomic mass is 32.2. The number of likely N-dealkylation sites (N-methyl/N-ethyl adjacent to an activating group) is 1. The van der Waals surface area contributed by atoms with Crippen molar-refractivity contribution in [1.29, 1.82) is 0 Å². The second-order valence-corrected chi connectivity index (χ2v) is 5.60. The van der Waals surface area contributed by atoms with Crippen LogP contribution < -0.4 is 5.32 Å². The summed E-state index contributed by atoms with van der Waals surface area (Å²) in [6.07, 6.45) is 7.91. The number of thioether (sulfide) groups is 1. The van der Waals surface area contributed by atoms with Gasteiger partial charge in [-0.05, 0) is 49.8 Å². The summed E-state index contributed by atoms with van der Waals surface area (Å²) in [7, 11) is 0. The van der Waals surface area contributed by atoms with Crippen LogP contribution in [0.4, 0.5) is 0 Å². The van der Waals surface area contributed by atoms with Crippen LogP contribution in [0.2, 0.25) is 0 Å². The summed E-state index contributed by atoms with van der Waals surface area (Å²) in [6.45, 7) is 9.70. The van der Waals surface area contributed by atoms with E-state index < -0.39 is 0 Å². The van der Waals surface area contributed by atoms with E-state index in [0.717, 1.165) is 38.9 Å². The van der Waals surface area contributed by atoms with Crippen LogP contribution in [0.25, 0.3) is 0 Å². The molecule has 0 saturated carbocycles. The van der Waals surface area contributed by atoms with Crippen LogP contribution in [-0.2, 0) is 0 Å². The van der Waals surface area contributed by atoms with Gasteiger partial charge in [0.15, 0.2) is 0 Å². The Hall–Kier alpha value is -0.670. The van der Waals surface area contributed by atoms with Gasteiger partial charge in [-0.1, -0.05) is 12.7 Å². The van der Waals surface area contributed by atoms with Crippen LogP contribution in [0.3, 0.4) is 0 Å². The molecule has 0 bridgehead atoms.